The highest BCUT2D eigenvalue weighted by molar-refractivity contribution is 9.10. The third-order valence-corrected chi connectivity index (χ3v) is 7.09. The molecule has 4 rings (SSSR count). The van der Waals surface area contributed by atoms with Gasteiger partial charge in [-0.25, -0.2) is 9.79 Å². The number of benzene rings is 3. The molecule has 1 aliphatic heterocycles. The predicted molar refractivity (Wildman–Crippen MR) is 145 cm³/mol. The monoisotopic (exact) mass is 586 g/mol. The fraction of sp³-hybridized carbons (Fsp3) is 0.115. The molecule has 1 N–H and O–H groups in total. The lowest BCUT2D eigenvalue weighted by Gasteiger charge is -2.14. The number of carbonyl (C=O) groups excluding carboxylic acids is 1. The summed E-state index contributed by atoms with van der Waals surface area (Å²) in [6.07, 6.45) is 1.76. The van der Waals surface area contributed by atoms with Crippen molar-refractivity contribution in [2.45, 2.75) is 6.61 Å². The smallest absolute Gasteiger partial charge is 0.335 e. The van der Waals surface area contributed by atoms with Crippen molar-refractivity contribution in [2.75, 3.05) is 14.2 Å². The number of aliphatic imine (C=N–C) groups is 1. The van der Waals surface area contributed by atoms with Crippen LogP contribution in [0.4, 0.5) is 5.69 Å². The minimum Gasteiger partial charge on any atom is -0.493 e. The summed E-state index contributed by atoms with van der Waals surface area (Å²) in [4.78, 5) is 30.3. The Labute approximate surface area is 225 Å². The number of carbonyl (C=O) groups is 2. The lowest BCUT2D eigenvalue weighted by atomic mass is 10.1. The van der Waals surface area contributed by atoms with E-state index in [4.69, 9.17) is 26.2 Å². The van der Waals surface area contributed by atoms with E-state index < -0.39 is 5.97 Å². The van der Waals surface area contributed by atoms with Gasteiger partial charge in [0.25, 0.3) is 5.91 Å². The molecule has 1 heterocycles. The van der Waals surface area contributed by atoms with Crippen molar-refractivity contribution in [3.05, 3.63) is 91.8 Å². The van der Waals surface area contributed by atoms with Crippen LogP contribution in [0.5, 0.6) is 11.5 Å². The first kappa shape index (κ1) is 25.8. The van der Waals surface area contributed by atoms with Crippen LogP contribution in [0.1, 0.15) is 21.5 Å². The van der Waals surface area contributed by atoms with E-state index in [0.29, 0.717) is 43.4 Å². The van der Waals surface area contributed by atoms with Crippen molar-refractivity contribution in [1.82, 2.24) is 4.90 Å². The summed E-state index contributed by atoms with van der Waals surface area (Å²) in [5.74, 6) is -0.144. The molecular weight excluding hydrogens is 568 g/mol. The minimum absolute atomic E-state index is 0.170. The molecule has 0 unspecified atom stereocenters. The molecule has 1 amide bonds. The van der Waals surface area contributed by atoms with Gasteiger partial charge in [-0.05, 0) is 93.4 Å². The zero-order valence-electron chi connectivity index (χ0n) is 19.2. The van der Waals surface area contributed by atoms with Gasteiger partial charge in [0.05, 0.1) is 27.7 Å². The summed E-state index contributed by atoms with van der Waals surface area (Å²) in [5.41, 5.74) is 2.42. The molecule has 3 aromatic carbocycles. The molecular formula is C26H20BrClN2O5S. The number of aromatic carboxylic acids is 1. The maximum Gasteiger partial charge on any atom is 0.335 e. The topological polar surface area (TPSA) is 88.4 Å². The van der Waals surface area contributed by atoms with Gasteiger partial charge in [-0.2, -0.15) is 0 Å². The Morgan fingerprint density at radius 1 is 1.17 bits per heavy atom. The molecule has 10 heteroatoms. The van der Waals surface area contributed by atoms with Crippen LogP contribution in [0, 0.1) is 0 Å². The average molecular weight is 588 g/mol. The second-order valence-corrected chi connectivity index (χ2v) is 9.97. The number of likely N-dealkylation sites (N-methyl/N-ethyl adjacent to an activating group) is 1. The zero-order chi connectivity index (χ0) is 25.8. The number of amides is 1. The van der Waals surface area contributed by atoms with Crippen LogP contribution in [0.15, 0.2) is 75.0 Å². The van der Waals surface area contributed by atoms with E-state index in [1.807, 2.05) is 18.2 Å². The summed E-state index contributed by atoms with van der Waals surface area (Å²) in [7, 11) is 3.20. The lowest BCUT2D eigenvalue weighted by molar-refractivity contribution is -0.121. The Balaban J connectivity index is 1.55. The van der Waals surface area contributed by atoms with E-state index >= 15 is 0 Å². The molecule has 0 aromatic heterocycles. The zero-order valence-corrected chi connectivity index (χ0v) is 22.4. The number of hydrogen-bond acceptors (Lipinski definition) is 6. The number of halogens is 2. The largest absolute Gasteiger partial charge is 0.493 e. The molecule has 0 atom stereocenters. The second-order valence-electron chi connectivity index (χ2n) is 7.67. The Hall–Kier alpha value is -3.27. The van der Waals surface area contributed by atoms with Crippen LogP contribution in [-0.2, 0) is 11.4 Å². The van der Waals surface area contributed by atoms with E-state index in [9.17, 15) is 9.59 Å². The van der Waals surface area contributed by atoms with Gasteiger partial charge in [0.15, 0.2) is 16.7 Å². The molecule has 3 aromatic rings. The molecule has 0 bridgehead atoms. The predicted octanol–water partition coefficient (Wildman–Crippen LogP) is 6.62. The molecule has 36 heavy (non-hydrogen) atoms. The molecule has 1 saturated heterocycles. The maximum atomic E-state index is 12.8. The quantitative estimate of drug-likeness (QED) is 0.313. The van der Waals surface area contributed by atoms with Gasteiger partial charge in [0.1, 0.15) is 6.61 Å². The van der Waals surface area contributed by atoms with Gasteiger partial charge in [-0.15, -0.1) is 0 Å². The number of hydrogen-bond donors (Lipinski definition) is 1. The van der Waals surface area contributed by atoms with Crippen molar-refractivity contribution in [2.24, 2.45) is 4.99 Å². The first-order valence-electron chi connectivity index (χ1n) is 10.6. The number of carboxylic acid groups (broad SMARTS) is 1. The summed E-state index contributed by atoms with van der Waals surface area (Å²) in [5, 5.41) is 10.2. The Kier molecular flexibility index (Phi) is 8.03. The van der Waals surface area contributed by atoms with Crippen molar-refractivity contribution in [3.63, 3.8) is 0 Å². The number of carboxylic acids is 1. The van der Waals surface area contributed by atoms with Crippen LogP contribution < -0.4 is 9.47 Å². The van der Waals surface area contributed by atoms with E-state index in [2.05, 4.69) is 20.9 Å². The highest BCUT2D eigenvalue weighted by Crippen LogP contribution is 2.39. The standard InChI is InChI=1S/C26H20BrClN2O5S/c1-30-24(31)22(36-26(30)29-19-9-5-17(6-10-19)25(32)33)13-16-11-20(27)23(21(12-16)34-2)35-14-15-3-7-18(28)8-4-15/h3-13H,14H2,1-2H3,(H,32,33)/b22-13-,29-26?. The van der Waals surface area contributed by atoms with Crippen LogP contribution in [-0.4, -0.2) is 41.2 Å². The maximum absolute atomic E-state index is 12.8. The molecule has 0 spiro atoms. The molecule has 1 aliphatic rings. The fourth-order valence-electron chi connectivity index (χ4n) is 3.29. The fourth-order valence-corrected chi connectivity index (χ4v) is 4.98. The summed E-state index contributed by atoms with van der Waals surface area (Å²) in [6.45, 7) is 0.332. The highest BCUT2D eigenvalue weighted by Gasteiger charge is 2.30. The second kappa shape index (κ2) is 11.2. The van der Waals surface area contributed by atoms with Gasteiger partial charge in [-0.1, -0.05) is 23.7 Å². The van der Waals surface area contributed by atoms with Crippen molar-refractivity contribution < 1.29 is 24.2 Å². The van der Waals surface area contributed by atoms with Gasteiger partial charge >= 0.3 is 5.97 Å². The molecule has 0 saturated carbocycles. The van der Waals surface area contributed by atoms with Gasteiger partial charge in [0.2, 0.25) is 0 Å². The van der Waals surface area contributed by atoms with Crippen LogP contribution in [0.25, 0.3) is 6.08 Å². The van der Waals surface area contributed by atoms with E-state index in [1.54, 1.807) is 50.6 Å². The molecule has 0 radical (unpaired) electrons. The molecule has 7 nitrogen and oxygen atoms in total. The van der Waals surface area contributed by atoms with Crippen LogP contribution >= 0.6 is 39.3 Å². The van der Waals surface area contributed by atoms with E-state index in [0.717, 1.165) is 11.1 Å². The first-order chi connectivity index (χ1) is 17.2. The number of amidine groups is 1. The Morgan fingerprint density at radius 3 is 2.50 bits per heavy atom. The minimum atomic E-state index is -1.01. The van der Waals surface area contributed by atoms with Crippen LogP contribution in [0.2, 0.25) is 5.02 Å². The van der Waals surface area contributed by atoms with Crippen molar-refractivity contribution >= 4 is 68.1 Å². The molecule has 1 fully saturated rings. The number of methoxy groups -OCH3 is 1. The Bertz CT molecular complexity index is 1370. The van der Waals surface area contributed by atoms with Crippen molar-refractivity contribution in [1.29, 1.82) is 0 Å². The number of nitrogens with zero attached hydrogens (tertiary/aromatic N) is 2. The third kappa shape index (κ3) is 5.92. The van der Waals surface area contributed by atoms with Gasteiger partial charge in [-0.3, -0.25) is 9.69 Å². The van der Waals surface area contributed by atoms with Crippen LogP contribution in [0.3, 0.4) is 0 Å². The first-order valence-corrected chi connectivity index (χ1v) is 12.6. The van der Waals surface area contributed by atoms with Gasteiger partial charge in [0, 0.05) is 12.1 Å². The Morgan fingerprint density at radius 2 is 1.86 bits per heavy atom. The highest BCUT2D eigenvalue weighted by atomic mass is 79.9. The van der Waals surface area contributed by atoms with Crippen molar-refractivity contribution in [3.8, 4) is 11.5 Å². The number of ether oxygens (including phenoxy) is 2. The summed E-state index contributed by atoms with van der Waals surface area (Å²) in [6, 6.07) is 17.2. The lowest BCUT2D eigenvalue weighted by Crippen LogP contribution is -2.23. The molecule has 184 valence electrons. The SMILES string of the molecule is COc1cc(/C=C2\SC(=Nc3ccc(C(=O)O)cc3)N(C)C2=O)cc(Br)c1OCc1ccc(Cl)cc1. The number of rotatable bonds is 7. The van der Waals surface area contributed by atoms with Gasteiger partial charge < -0.3 is 14.6 Å². The summed E-state index contributed by atoms with van der Waals surface area (Å²) < 4.78 is 12.2. The summed E-state index contributed by atoms with van der Waals surface area (Å²) >= 11 is 10.7. The molecule has 0 aliphatic carbocycles. The van der Waals surface area contributed by atoms with E-state index in [1.165, 1.54) is 28.8 Å². The van der Waals surface area contributed by atoms with E-state index in [-0.39, 0.29) is 11.5 Å². The average Bonchev–Trinajstić information content (AvgIpc) is 3.12. The number of thioether (sulfide) groups is 1. The normalized spacial score (nSPS) is 15.6. The third-order valence-electron chi connectivity index (χ3n) is 5.19.